The summed E-state index contributed by atoms with van der Waals surface area (Å²) in [6.07, 6.45) is -0.113. The van der Waals surface area contributed by atoms with E-state index in [1.54, 1.807) is 41.5 Å². The first-order valence-corrected chi connectivity index (χ1v) is 13.7. The lowest BCUT2D eigenvalue weighted by molar-refractivity contribution is -0.141. The summed E-state index contributed by atoms with van der Waals surface area (Å²) in [6, 6.07) is -1.82. The van der Waals surface area contributed by atoms with Crippen molar-refractivity contribution >= 4 is 36.2 Å². The Balaban J connectivity index is 3.35. The predicted molar refractivity (Wildman–Crippen MR) is 149 cm³/mol. The number of carboxylic acid groups (broad SMARTS) is 1. The number of alkyl carbamates (subject to hydrolysis) is 1. The Morgan fingerprint density at radius 3 is 1.98 bits per heavy atom. The number of carboxylic acids is 1. The van der Waals surface area contributed by atoms with Crippen molar-refractivity contribution in [3.63, 3.8) is 0 Å². The van der Waals surface area contributed by atoms with Gasteiger partial charge in [-0.3, -0.25) is 19.7 Å². The van der Waals surface area contributed by atoms with Crippen LogP contribution in [-0.4, -0.2) is 76.8 Å². The van der Waals surface area contributed by atoms with Crippen LogP contribution in [0.2, 0.25) is 0 Å². The molecular weight excluding hydrogens is 522 g/mol. The summed E-state index contributed by atoms with van der Waals surface area (Å²) in [5.41, 5.74) is -1.61. The molecule has 0 saturated heterocycles. The van der Waals surface area contributed by atoms with E-state index in [1.807, 2.05) is 13.8 Å². The molecule has 228 valence electrons. The van der Waals surface area contributed by atoms with Crippen molar-refractivity contribution in [3.8, 4) is 0 Å². The van der Waals surface area contributed by atoms with E-state index in [2.05, 4.69) is 26.3 Å². The maximum atomic E-state index is 13.3. The number of nitrogens with zero attached hydrogens (tertiary/aromatic N) is 1. The van der Waals surface area contributed by atoms with E-state index in [1.165, 1.54) is 6.92 Å². The molecule has 0 aromatic rings. The fraction of sp³-hybridized carbons (Fsp3) is 0.778. The number of amides is 4. The van der Waals surface area contributed by atoms with Gasteiger partial charge in [0.05, 0.1) is 5.92 Å². The van der Waals surface area contributed by atoms with Gasteiger partial charge in [-0.25, -0.2) is 9.59 Å². The summed E-state index contributed by atoms with van der Waals surface area (Å²) in [5.74, 6) is -3.39. The molecule has 0 radical (unpaired) electrons. The van der Waals surface area contributed by atoms with Crippen molar-refractivity contribution in [2.24, 2.45) is 16.8 Å². The third-order valence-corrected chi connectivity index (χ3v) is 6.15. The SMILES string of the molecule is CCC(CC)NC(=O)C(NC(C)=O)[C@@H]1CC(C(=O)O)C[C@H]1NC(C=NC(=O)OC(C)(C)C)NC(=O)OC(C)(C)C. The largest absolute Gasteiger partial charge is 0.481 e. The number of hydrogen-bond acceptors (Lipinski definition) is 8. The first-order valence-electron chi connectivity index (χ1n) is 13.7. The zero-order chi connectivity index (χ0) is 30.8. The summed E-state index contributed by atoms with van der Waals surface area (Å²) in [4.78, 5) is 65.9. The first kappa shape index (κ1) is 34.8. The minimum atomic E-state index is -1.09. The van der Waals surface area contributed by atoms with Crippen LogP contribution in [0.25, 0.3) is 0 Å². The number of aliphatic carboxylic acids is 1. The van der Waals surface area contributed by atoms with Crippen LogP contribution in [0.15, 0.2) is 4.99 Å². The predicted octanol–water partition coefficient (Wildman–Crippen LogP) is 2.72. The Morgan fingerprint density at radius 2 is 1.50 bits per heavy atom. The molecule has 40 heavy (non-hydrogen) atoms. The van der Waals surface area contributed by atoms with Gasteiger partial charge in [-0.1, -0.05) is 13.8 Å². The van der Waals surface area contributed by atoms with Gasteiger partial charge in [0.2, 0.25) is 11.8 Å². The average Bonchev–Trinajstić information content (AvgIpc) is 3.20. The van der Waals surface area contributed by atoms with Crippen LogP contribution >= 0.6 is 0 Å². The smallest absolute Gasteiger partial charge is 0.433 e. The summed E-state index contributed by atoms with van der Waals surface area (Å²) in [6.45, 7) is 15.2. The van der Waals surface area contributed by atoms with E-state index < -0.39 is 71.3 Å². The second-order valence-electron chi connectivity index (χ2n) is 12.0. The molecular formula is C27H47N5O8. The highest BCUT2D eigenvalue weighted by atomic mass is 16.6. The Bertz CT molecular complexity index is 936. The minimum Gasteiger partial charge on any atom is -0.481 e. The lowest BCUT2D eigenvalue weighted by atomic mass is 9.92. The number of aliphatic imine (C=N–C) groups is 1. The zero-order valence-electron chi connectivity index (χ0n) is 25.1. The van der Waals surface area contributed by atoms with Crippen LogP contribution in [-0.2, 0) is 23.9 Å². The highest BCUT2D eigenvalue weighted by Gasteiger charge is 2.45. The third kappa shape index (κ3) is 12.8. The Kier molecular flexibility index (Phi) is 13.0. The molecule has 13 nitrogen and oxygen atoms in total. The fourth-order valence-electron chi connectivity index (χ4n) is 4.41. The molecule has 0 aliphatic heterocycles. The van der Waals surface area contributed by atoms with Gasteiger partial charge in [-0.2, -0.15) is 4.99 Å². The quantitative estimate of drug-likeness (QED) is 0.184. The van der Waals surface area contributed by atoms with Crippen molar-refractivity contribution < 1.29 is 38.6 Å². The van der Waals surface area contributed by atoms with Crippen LogP contribution in [0.3, 0.4) is 0 Å². The normalized spacial score (nSPS) is 21.0. The molecule has 4 amide bonds. The van der Waals surface area contributed by atoms with Crippen molar-refractivity contribution in [1.82, 2.24) is 21.3 Å². The molecule has 1 aliphatic rings. The van der Waals surface area contributed by atoms with Gasteiger partial charge in [-0.05, 0) is 67.2 Å². The van der Waals surface area contributed by atoms with Crippen LogP contribution in [0.1, 0.15) is 88.0 Å². The van der Waals surface area contributed by atoms with E-state index in [0.29, 0.717) is 12.8 Å². The molecule has 13 heteroatoms. The van der Waals surface area contributed by atoms with Crippen LogP contribution in [0.5, 0.6) is 0 Å². The van der Waals surface area contributed by atoms with Gasteiger partial charge in [-0.15, -0.1) is 0 Å². The second-order valence-corrected chi connectivity index (χ2v) is 12.0. The van der Waals surface area contributed by atoms with Gasteiger partial charge in [0.15, 0.2) is 0 Å². The van der Waals surface area contributed by atoms with E-state index in [0.717, 1.165) is 6.21 Å². The summed E-state index contributed by atoms with van der Waals surface area (Å²) in [5, 5.41) is 21.1. The summed E-state index contributed by atoms with van der Waals surface area (Å²) >= 11 is 0. The monoisotopic (exact) mass is 569 g/mol. The van der Waals surface area contributed by atoms with E-state index in [9.17, 15) is 29.1 Å². The molecule has 1 aliphatic carbocycles. The molecule has 3 unspecified atom stereocenters. The molecule has 1 rings (SSSR count). The lowest BCUT2D eigenvalue weighted by Gasteiger charge is -2.32. The van der Waals surface area contributed by atoms with Gasteiger partial charge >= 0.3 is 18.2 Å². The van der Waals surface area contributed by atoms with Crippen LogP contribution < -0.4 is 21.3 Å². The molecule has 5 N–H and O–H groups in total. The molecule has 0 aromatic carbocycles. The van der Waals surface area contributed by atoms with Gasteiger partial charge in [0, 0.05) is 31.1 Å². The zero-order valence-corrected chi connectivity index (χ0v) is 25.1. The number of carbonyl (C=O) groups is 5. The Morgan fingerprint density at radius 1 is 0.925 bits per heavy atom. The van der Waals surface area contributed by atoms with Crippen LogP contribution in [0, 0.1) is 11.8 Å². The first-order chi connectivity index (χ1) is 18.3. The maximum Gasteiger partial charge on any atom is 0.433 e. The third-order valence-electron chi connectivity index (χ3n) is 6.15. The maximum absolute atomic E-state index is 13.3. The summed E-state index contributed by atoms with van der Waals surface area (Å²) < 4.78 is 10.5. The van der Waals surface area contributed by atoms with E-state index in [-0.39, 0.29) is 18.9 Å². The molecule has 1 fully saturated rings. The van der Waals surface area contributed by atoms with Crippen LogP contribution in [0.4, 0.5) is 9.59 Å². The number of nitrogens with one attached hydrogen (secondary N) is 4. The van der Waals surface area contributed by atoms with Gasteiger partial charge < -0.3 is 30.5 Å². The Hall–Kier alpha value is -3.22. The highest BCUT2D eigenvalue weighted by Crippen LogP contribution is 2.34. The van der Waals surface area contributed by atoms with Crippen molar-refractivity contribution in [2.45, 2.75) is 123 Å². The standard InChI is InChI=1S/C27H47N5O8/c1-10-17(11-2)30-22(34)21(29-15(3)33)18-12-16(23(35)36)13-19(18)31-20(32-25(38)40-27(7,8)9)14-28-24(37)39-26(4,5)6/h14,16-21,31H,10-13H2,1-9H3,(H,29,33)(H,30,34)(H,32,38)(H,35,36)/t16?,18-,19-,20?,21?/m1/s1. The van der Waals surface area contributed by atoms with Crippen molar-refractivity contribution in [2.75, 3.05) is 0 Å². The molecule has 0 aromatic heterocycles. The number of hydrogen-bond donors (Lipinski definition) is 5. The molecule has 1 saturated carbocycles. The summed E-state index contributed by atoms with van der Waals surface area (Å²) in [7, 11) is 0. The number of rotatable bonds is 11. The number of carbonyl (C=O) groups excluding carboxylic acids is 4. The van der Waals surface area contributed by atoms with Crippen molar-refractivity contribution in [3.05, 3.63) is 0 Å². The van der Waals surface area contributed by atoms with Crippen molar-refractivity contribution in [1.29, 1.82) is 0 Å². The molecule has 0 bridgehead atoms. The highest BCUT2D eigenvalue weighted by molar-refractivity contribution is 5.88. The topological polar surface area (TPSA) is 185 Å². The van der Waals surface area contributed by atoms with Gasteiger partial charge in [0.25, 0.3) is 0 Å². The average molecular weight is 570 g/mol. The molecule has 0 heterocycles. The van der Waals surface area contributed by atoms with E-state index >= 15 is 0 Å². The second kappa shape index (κ2) is 15.0. The van der Waals surface area contributed by atoms with Gasteiger partial charge in [0.1, 0.15) is 23.4 Å². The fourth-order valence-corrected chi connectivity index (χ4v) is 4.41. The lowest BCUT2D eigenvalue weighted by Crippen LogP contribution is -2.59. The van der Waals surface area contributed by atoms with E-state index in [4.69, 9.17) is 9.47 Å². The Labute approximate surface area is 236 Å². The molecule has 0 spiro atoms. The number of ether oxygens (including phenoxy) is 2. The minimum absolute atomic E-state index is 0.0939. The molecule has 5 atom stereocenters.